The number of oxazole rings is 1. The van der Waals surface area contributed by atoms with Gasteiger partial charge in [-0.15, -0.1) is 0 Å². The first kappa shape index (κ1) is 18.7. The topological polar surface area (TPSA) is 85.5 Å². The van der Waals surface area contributed by atoms with Gasteiger partial charge in [0, 0.05) is 12.2 Å². The lowest BCUT2D eigenvalue weighted by atomic mass is 10.2. The van der Waals surface area contributed by atoms with Crippen LogP contribution in [0.25, 0.3) is 11.1 Å². The van der Waals surface area contributed by atoms with Crippen LogP contribution in [0.3, 0.4) is 0 Å². The Morgan fingerprint density at radius 3 is 2.85 bits per heavy atom. The number of carbonyl (C=O) groups is 1. The van der Waals surface area contributed by atoms with E-state index < -0.39 is 11.8 Å². The highest BCUT2D eigenvalue weighted by Crippen LogP contribution is 2.13. The summed E-state index contributed by atoms with van der Waals surface area (Å²) in [6.07, 6.45) is 0. The number of aromatic nitrogens is 1. The smallest absolute Gasteiger partial charge is 0.408 e. The minimum atomic E-state index is -0.445. The van der Waals surface area contributed by atoms with E-state index in [4.69, 9.17) is 9.15 Å². The maximum Gasteiger partial charge on any atom is 0.420 e. The molecule has 1 heterocycles. The van der Waals surface area contributed by atoms with Crippen LogP contribution in [0, 0.1) is 12.7 Å². The van der Waals surface area contributed by atoms with Gasteiger partial charge in [-0.1, -0.05) is 18.2 Å². The first-order valence-corrected chi connectivity index (χ1v) is 8.52. The normalized spacial score (nSPS) is 10.9. The number of hydrogen-bond donors (Lipinski definition) is 2. The van der Waals surface area contributed by atoms with E-state index in [1.165, 1.54) is 10.6 Å². The van der Waals surface area contributed by atoms with E-state index in [0.29, 0.717) is 35.5 Å². The van der Waals surface area contributed by atoms with Crippen molar-refractivity contribution in [1.29, 1.82) is 0 Å². The Labute approximate surface area is 154 Å². The van der Waals surface area contributed by atoms with Crippen molar-refractivity contribution in [1.82, 2.24) is 9.88 Å². The minimum Gasteiger partial charge on any atom is -0.408 e. The van der Waals surface area contributed by atoms with Crippen LogP contribution in [0.1, 0.15) is 5.56 Å². The molecule has 142 valence electrons. The van der Waals surface area contributed by atoms with Crippen LogP contribution in [-0.2, 0) is 11.3 Å². The molecule has 2 N–H and O–H groups in total. The number of ether oxygens (including phenoxy) is 1. The fraction of sp³-hybridized carbons (Fsp3) is 0.263. The average molecular weight is 373 g/mol. The molecule has 7 nitrogen and oxygen atoms in total. The molecule has 2 amide bonds. The quantitative estimate of drug-likeness (QED) is 0.624. The summed E-state index contributed by atoms with van der Waals surface area (Å²) in [6, 6.07) is 11.2. The van der Waals surface area contributed by atoms with E-state index >= 15 is 0 Å². The number of halogens is 1. The zero-order valence-electron chi connectivity index (χ0n) is 14.8. The Morgan fingerprint density at radius 2 is 2.04 bits per heavy atom. The molecule has 27 heavy (non-hydrogen) atoms. The Morgan fingerprint density at radius 1 is 1.22 bits per heavy atom. The molecule has 0 aliphatic heterocycles. The van der Waals surface area contributed by atoms with E-state index in [0.717, 1.165) is 0 Å². The molecular weight excluding hydrogens is 353 g/mol. The lowest BCUT2D eigenvalue weighted by Crippen LogP contribution is -2.32. The molecule has 0 radical (unpaired) electrons. The first-order valence-electron chi connectivity index (χ1n) is 8.52. The third-order valence-electron chi connectivity index (χ3n) is 3.99. The number of amides is 2. The second-order valence-corrected chi connectivity index (χ2v) is 5.94. The van der Waals surface area contributed by atoms with E-state index in [-0.39, 0.29) is 19.0 Å². The van der Waals surface area contributed by atoms with Gasteiger partial charge < -0.3 is 19.8 Å². The van der Waals surface area contributed by atoms with E-state index in [2.05, 4.69) is 10.6 Å². The molecule has 0 aliphatic carbocycles. The summed E-state index contributed by atoms with van der Waals surface area (Å²) in [5.41, 5.74) is 2.14. The highest BCUT2D eigenvalue weighted by molar-refractivity contribution is 5.89. The number of fused-ring (bicyclic) bond motifs is 1. The van der Waals surface area contributed by atoms with Crippen LogP contribution < -0.4 is 16.4 Å². The molecule has 3 aromatic rings. The maximum atomic E-state index is 13.4. The molecule has 0 atom stereocenters. The summed E-state index contributed by atoms with van der Waals surface area (Å²) in [7, 11) is 0. The Balaban J connectivity index is 1.38. The molecule has 0 bridgehead atoms. The lowest BCUT2D eigenvalue weighted by molar-refractivity contribution is 0.128. The summed E-state index contributed by atoms with van der Waals surface area (Å²) >= 11 is 0. The second-order valence-electron chi connectivity index (χ2n) is 5.94. The van der Waals surface area contributed by atoms with Gasteiger partial charge in [-0.3, -0.25) is 4.57 Å². The summed E-state index contributed by atoms with van der Waals surface area (Å²) < 4.78 is 25.5. The largest absolute Gasteiger partial charge is 0.420 e. The number of carbonyl (C=O) groups excluding carboxylic acids is 1. The number of hydrogen-bond acceptors (Lipinski definition) is 4. The van der Waals surface area contributed by atoms with Crippen molar-refractivity contribution in [2.45, 2.75) is 13.5 Å². The van der Waals surface area contributed by atoms with Crippen LogP contribution >= 0.6 is 0 Å². The molecule has 0 unspecified atom stereocenters. The van der Waals surface area contributed by atoms with Gasteiger partial charge in [0.15, 0.2) is 5.58 Å². The van der Waals surface area contributed by atoms with Crippen LogP contribution in [0.4, 0.5) is 14.9 Å². The van der Waals surface area contributed by atoms with Gasteiger partial charge in [0.25, 0.3) is 0 Å². The maximum absolute atomic E-state index is 13.4. The fourth-order valence-electron chi connectivity index (χ4n) is 2.57. The second kappa shape index (κ2) is 8.50. The minimum absolute atomic E-state index is 0.278. The van der Waals surface area contributed by atoms with Crippen molar-refractivity contribution >= 4 is 22.8 Å². The highest BCUT2D eigenvalue weighted by atomic mass is 19.1. The Kier molecular flexibility index (Phi) is 5.87. The SMILES string of the molecule is Cc1ccc(NC(=O)NCCOCCn2c(=O)oc3ccccc32)cc1F. The van der Waals surface area contributed by atoms with Gasteiger partial charge in [0.1, 0.15) is 5.82 Å². The van der Waals surface area contributed by atoms with Crippen molar-refractivity contribution in [3.8, 4) is 0 Å². The van der Waals surface area contributed by atoms with Crippen LogP contribution in [0.5, 0.6) is 0 Å². The number of anilines is 1. The zero-order valence-corrected chi connectivity index (χ0v) is 14.8. The van der Waals surface area contributed by atoms with Gasteiger partial charge in [-0.2, -0.15) is 0 Å². The summed E-state index contributed by atoms with van der Waals surface area (Å²) in [4.78, 5) is 23.6. The van der Waals surface area contributed by atoms with Crippen LogP contribution in [0.2, 0.25) is 0 Å². The molecule has 0 saturated carbocycles. The number of rotatable bonds is 7. The zero-order chi connectivity index (χ0) is 19.2. The third-order valence-corrected chi connectivity index (χ3v) is 3.99. The van der Waals surface area contributed by atoms with Crippen LogP contribution in [-0.4, -0.2) is 30.4 Å². The number of nitrogens with one attached hydrogen (secondary N) is 2. The molecule has 0 spiro atoms. The van der Waals surface area contributed by atoms with E-state index in [1.807, 2.05) is 6.07 Å². The lowest BCUT2D eigenvalue weighted by Gasteiger charge is -2.09. The molecule has 2 aromatic carbocycles. The van der Waals surface area contributed by atoms with Gasteiger partial charge in [0.05, 0.1) is 25.3 Å². The molecule has 1 aromatic heterocycles. The Bertz CT molecular complexity index is 996. The van der Waals surface area contributed by atoms with Crippen LogP contribution in [0.15, 0.2) is 51.7 Å². The van der Waals surface area contributed by atoms with Gasteiger partial charge in [-0.25, -0.2) is 14.0 Å². The van der Waals surface area contributed by atoms with Gasteiger partial charge >= 0.3 is 11.8 Å². The average Bonchev–Trinajstić information content (AvgIpc) is 2.96. The molecule has 0 fully saturated rings. The summed E-state index contributed by atoms with van der Waals surface area (Å²) in [5.74, 6) is -0.805. The van der Waals surface area contributed by atoms with Crippen molar-refractivity contribution < 1.29 is 18.3 Å². The van der Waals surface area contributed by atoms with Crippen molar-refractivity contribution in [2.75, 3.05) is 25.1 Å². The van der Waals surface area contributed by atoms with E-state index in [9.17, 15) is 14.0 Å². The molecule has 3 rings (SSSR count). The highest BCUT2D eigenvalue weighted by Gasteiger charge is 2.08. The summed E-state index contributed by atoms with van der Waals surface area (Å²) in [5, 5.41) is 5.16. The number of para-hydroxylation sites is 2. The summed E-state index contributed by atoms with van der Waals surface area (Å²) in [6.45, 7) is 2.86. The fourth-order valence-corrected chi connectivity index (χ4v) is 2.57. The molecule has 0 aliphatic rings. The monoisotopic (exact) mass is 373 g/mol. The van der Waals surface area contributed by atoms with Crippen molar-refractivity contribution in [2.24, 2.45) is 0 Å². The first-order chi connectivity index (χ1) is 13.0. The van der Waals surface area contributed by atoms with Gasteiger partial charge in [-0.05, 0) is 36.8 Å². The predicted octanol–water partition coefficient (Wildman–Crippen LogP) is 2.88. The molecule has 8 heteroatoms. The number of urea groups is 1. The predicted molar refractivity (Wildman–Crippen MR) is 99.5 cm³/mol. The number of benzene rings is 2. The number of nitrogens with zero attached hydrogens (tertiary/aromatic N) is 1. The third kappa shape index (κ3) is 4.73. The van der Waals surface area contributed by atoms with E-state index in [1.54, 1.807) is 37.3 Å². The van der Waals surface area contributed by atoms with Gasteiger partial charge in [0.2, 0.25) is 0 Å². The molecular formula is C19H20FN3O4. The Hall–Kier alpha value is -3.13. The standard InChI is InChI=1S/C19H20FN3O4/c1-13-6-7-14(12-15(13)20)22-18(24)21-8-10-26-11-9-23-16-4-2-3-5-17(16)27-19(23)25/h2-7,12H,8-11H2,1H3,(H2,21,22,24). The van der Waals surface area contributed by atoms with Crippen molar-refractivity contribution in [3.63, 3.8) is 0 Å². The molecule has 0 saturated heterocycles. The number of aryl methyl sites for hydroxylation is 1. The van der Waals surface area contributed by atoms with Crippen molar-refractivity contribution in [3.05, 3.63) is 64.4 Å².